The molecule has 0 aromatic carbocycles. The molecule has 2 atom stereocenters. The van der Waals surface area contributed by atoms with Gasteiger partial charge in [-0.15, -0.1) is 0 Å². The van der Waals surface area contributed by atoms with E-state index >= 15 is 0 Å². The highest BCUT2D eigenvalue weighted by Crippen LogP contribution is 2.43. The molecule has 0 aliphatic heterocycles. The molecule has 404 valence electrons. The van der Waals surface area contributed by atoms with Crippen LogP contribution in [0.5, 0.6) is 0 Å². The Kier molecular flexibility index (Phi) is 54.1. The number of rotatable bonds is 57. The number of unbranched alkanes of at least 4 members (excludes halogenated alkanes) is 42. The highest BCUT2D eigenvalue weighted by atomic mass is 31.2. The van der Waals surface area contributed by atoms with Gasteiger partial charge in [-0.05, 0) is 38.5 Å². The Morgan fingerprint density at radius 3 is 1.04 bits per heavy atom. The van der Waals surface area contributed by atoms with Crippen LogP contribution in [0.3, 0.4) is 0 Å². The Balaban J connectivity index is 3.86. The number of carbonyl (C=O) groups excluding carboxylic acids is 2. The van der Waals surface area contributed by atoms with Crippen molar-refractivity contribution in [2.45, 2.75) is 322 Å². The first-order chi connectivity index (χ1) is 33.3. The van der Waals surface area contributed by atoms with E-state index in [2.05, 4.69) is 26.0 Å². The maximum Gasteiger partial charge on any atom is 0.472 e. The van der Waals surface area contributed by atoms with Gasteiger partial charge in [0.1, 0.15) is 6.61 Å². The summed E-state index contributed by atoms with van der Waals surface area (Å²) < 4.78 is 33.0. The van der Waals surface area contributed by atoms with E-state index in [1.807, 2.05) is 0 Å². The van der Waals surface area contributed by atoms with Crippen molar-refractivity contribution in [2.75, 3.05) is 26.4 Å². The van der Waals surface area contributed by atoms with Gasteiger partial charge in [0.05, 0.1) is 13.2 Å². The minimum Gasteiger partial charge on any atom is -0.462 e. The van der Waals surface area contributed by atoms with Crippen LogP contribution in [0.4, 0.5) is 0 Å². The number of allylic oxidation sites excluding steroid dienone is 2. The predicted octanol–water partition coefficient (Wildman–Crippen LogP) is 18.5. The number of nitrogens with two attached hydrogens (primary N) is 1. The minimum absolute atomic E-state index is 0.0559. The van der Waals surface area contributed by atoms with Crippen LogP contribution < -0.4 is 5.73 Å². The van der Waals surface area contributed by atoms with Gasteiger partial charge in [0.2, 0.25) is 0 Å². The maximum atomic E-state index is 12.7. The molecule has 0 saturated carbocycles. The van der Waals surface area contributed by atoms with E-state index in [0.717, 1.165) is 44.9 Å². The second kappa shape index (κ2) is 55.1. The second-order valence-electron chi connectivity index (χ2n) is 20.2. The zero-order valence-electron chi connectivity index (χ0n) is 45.1. The lowest BCUT2D eigenvalue weighted by Gasteiger charge is -2.19. The largest absolute Gasteiger partial charge is 0.472 e. The number of ether oxygens (including phenoxy) is 2. The van der Waals surface area contributed by atoms with Gasteiger partial charge in [-0.2, -0.15) is 0 Å². The van der Waals surface area contributed by atoms with E-state index in [4.69, 9.17) is 24.3 Å². The molecule has 0 aromatic heterocycles. The molecule has 3 N–H and O–H groups in total. The molecule has 68 heavy (non-hydrogen) atoms. The van der Waals surface area contributed by atoms with Crippen molar-refractivity contribution in [3.05, 3.63) is 12.2 Å². The molecule has 2 unspecified atom stereocenters. The van der Waals surface area contributed by atoms with Crippen LogP contribution in [0, 0.1) is 0 Å². The summed E-state index contributed by atoms with van der Waals surface area (Å²) in [5.41, 5.74) is 5.38. The van der Waals surface area contributed by atoms with Gasteiger partial charge < -0.3 is 20.1 Å². The summed E-state index contributed by atoms with van der Waals surface area (Å²) in [6.07, 6.45) is 62.8. The molecule has 0 saturated heterocycles. The number of hydrogen-bond donors (Lipinski definition) is 2. The molecule has 0 aromatic rings. The van der Waals surface area contributed by atoms with Gasteiger partial charge in [0, 0.05) is 19.4 Å². The average Bonchev–Trinajstić information content (AvgIpc) is 3.33. The van der Waals surface area contributed by atoms with E-state index in [1.54, 1.807) is 0 Å². The monoisotopic (exact) mass is 984 g/mol. The van der Waals surface area contributed by atoms with Crippen LogP contribution in [0.1, 0.15) is 316 Å². The number of hydrogen-bond acceptors (Lipinski definition) is 8. The SMILES string of the molecule is CCCCCCCCC/C=C\CCCCCCCCCC(=O)OC(COC(=O)CCCCCCCCCCCCCCCCCCCCCCCCCCCCCCC)COP(=O)(O)OCCN. The van der Waals surface area contributed by atoms with Crippen LogP contribution >= 0.6 is 7.82 Å². The third-order valence-electron chi connectivity index (χ3n) is 13.4. The summed E-state index contributed by atoms with van der Waals surface area (Å²) in [4.78, 5) is 35.2. The van der Waals surface area contributed by atoms with Crippen LogP contribution in [-0.4, -0.2) is 49.3 Å². The molecule has 10 heteroatoms. The van der Waals surface area contributed by atoms with Crippen LogP contribution in [0.15, 0.2) is 12.2 Å². The van der Waals surface area contributed by atoms with Crippen LogP contribution in [-0.2, 0) is 32.7 Å². The normalized spacial score (nSPS) is 13.1. The highest BCUT2D eigenvalue weighted by molar-refractivity contribution is 7.47. The second-order valence-corrected chi connectivity index (χ2v) is 21.7. The Hall–Kier alpha value is -1.25. The summed E-state index contributed by atoms with van der Waals surface area (Å²) in [6, 6.07) is 0. The Morgan fingerprint density at radius 2 is 0.721 bits per heavy atom. The topological polar surface area (TPSA) is 134 Å². The minimum atomic E-state index is -4.38. The predicted molar refractivity (Wildman–Crippen MR) is 289 cm³/mol. The Morgan fingerprint density at radius 1 is 0.426 bits per heavy atom. The first kappa shape index (κ1) is 66.8. The van der Waals surface area contributed by atoms with Gasteiger partial charge in [0.25, 0.3) is 0 Å². The lowest BCUT2D eigenvalue weighted by atomic mass is 10.0. The molecule has 0 amide bonds. The number of phosphoric acid groups is 1. The number of phosphoric ester groups is 1. The first-order valence-electron chi connectivity index (χ1n) is 29.7. The van der Waals surface area contributed by atoms with Crippen molar-refractivity contribution in [1.29, 1.82) is 0 Å². The molecule has 0 aliphatic rings. The molecule has 0 rings (SSSR count). The summed E-state index contributed by atoms with van der Waals surface area (Å²) >= 11 is 0. The number of carbonyl (C=O) groups is 2. The first-order valence-corrected chi connectivity index (χ1v) is 31.2. The molecule has 0 heterocycles. The van der Waals surface area contributed by atoms with E-state index in [1.165, 1.54) is 238 Å². The van der Waals surface area contributed by atoms with Crippen LogP contribution in [0.2, 0.25) is 0 Å². The summed E-state index contributed by atoms with van der Waals surface area (Å²) in [5.74, 6) is -0.813. The van der Waals surface area contributed by atoms with E-state index in [9.17, 15) is 19.0 Å². The summed E-state index contributed by atoms with van der Waals surface area (Å²) in [5, 5.41) is 0. The number of esters is 2. The fourth-order valence-electron chi connectivity index (χ4n) is 8.99. The van der Waals surface area contributed by atoms with Crippen molar-refractivity contribution in [2.24, 2.45) is 5.73 Å². The molecule has 0 radical (unpaired) electrons. The van der Waals surface area contributed by atoms with E-state index in [-0.39, 0.29) is 38.6 Å². The highest BCUT2D eigenvalue weighted by Gasteiger charge is 2.26. The van der Waals surface area contributed by atoms with Crippen molar-refractivity contribution < 1.29 is 37.6 Å². The van der Waals surface area contributed by atoms with Crippen molar-refractivity contribution in [3.63, 3.8) is 0 Å². The van der Waals surface area contributed by atoms with Crippen molar-refractivity contribution in [3.8, 4) is 0 Å². The maximum absolute atomic E-state index is 12.7. The van der Waals surface area contributed by atoms with Crippen molar-refractivity contribution in [1.82, 2.24) is 0 Å². The smallest absolute Gasteiger partial charge is 0.462 e. The average molecular weight is 985 g/mol. The lowest BCUT2D eigenvalue weighted by Crippen LogP contribution is -2.29. The fraction of sp³-hybridized carbons (Fsp3) is 0.931. The lowest BCUT2D eigenvalue weighted by molar-refractivity contribution is -0.161. The molecule has 0 aliphatic carbocycles. The zero-order valence-corrected chi connectivity index (χ0v) is 46.0. The van der Waals surface area contributed by atoms with E-state index < -0.39 is 26.5 Å². The van der Waals surface area contributed by atoms with Gasteiger partial charge in [-0.3, -0.25) is 18.6 Å². The molecular formula is C58H114NO8P. The summed E-state index contributed by atoms with van der Waals surface area (Å²) in [7, 11) is -4.38. The third-order valence-corrected chi connectivity index (χ3v) is 14.4. The molecule has 0 spiro atoms. The van der Waals surface area contributed by atoms with Gasteiger partial charge in [-0.1, -0.05) is 276 Å². The van der Waals surface area contributed by atoms with Crippen LogP contribution in [0.25, 0.3) is 0 Å². The Bertz CT molecular complexity index is 1120. The quantitative estimate of drug-likeness (QED) is 0.0264. The molecule has 0 fully saturated rings. The third kappa shape index (κ3) is 54.1. The van der Waals surface area contributed by atoms with Gasteiger partial charge in [-0.25, -0.2) is 4.57 Å². The van der Waals surface area contributed by atoms with Crippen molar-refractivity contribution >= 4 is 19.8 Å². The fourth-order valence-corrected chi connectivity index (χ4v) is 9.75. The van der Waals surface area contributed by atoms with E-state index in [0.29, 0.717) is 6.42 Å². The zero-order chi connectivity index (χ0) is 49.5. The Labute approximate surface area is 421 Å². The molecular weight excluding hydrogens is 870 g/mol. The standard InChI is InChI=1S/C58H114NO8P/c1-3-5-7-9-11-13-15-17-19-21-23-24-25-26-27-28-29-30-31-32-33-35-36-38-40-42-44-46-48-50-57(60)64-54-56(55-66-68(62,63)65-53-52-59)67-58(61)51-49-47-45-43-41-39-37-34-22-20-18-16-14-12-10-8-6-4-2/h20,22,56H,3-19,21,23-55,59H2,1-2H3,(H,62,63)/b22-20-. The summed E-state index contributed by atoms with van der Waals surface area (Å²) in [6.45, 7) is 3.80. The molecule has 9 nitrogen and oxygen atoms in total. The molecule has 0 bridgehead atoms. The van der Waals surface area contributed by atoms with Gasteiger partial charge >= 0.3 is 19.8 Å². The van der Waals surface area contributed by atoms with Gasteiger partial charge in [0.15, 0.2) is 6.10 Å².